The minimum absolute atomic E-state index is 0.104. The fraction of sp³-hybridized carbons (Fsp3) is 0.900. The van der Waals surface area contributed by atoms with Crippen LogP contribution in [0.5, 0.6) is 0 Å². The smallest absolute Gasteiger partial charge is 0.132 e. The van der Waals surface area contributed by atoms with E-state index >= 15 is 0 Å². The molecule has 2 nitrogen and oxygen atoms in total. The molecule has 0 spiro atoms. The number of rotatable bonds is 1. The Kier molecular flexibility index (Phi) is 2.89. The Balaban J connectivity index is 2.60. The van der Waals surface area contributed by atoms with Gasteiger partial charge in [0, 0.05) is 11.5 Å². The van der Waals surface area contributed by atoms with Crippen LogP contribution in [0.2, 0.25) is 0 Å². The summed E-state index contributed by atoms with van der Waals surface area (Å²) < 4.78 is 0. The summed E-state index contributed by atoms with van der Waals surface area (Å²) in [5.41, 5.74) is 5.95. The molecule has 0 aromatic heterocycles. The van der Waals surface area contributed by atoms with Crippen LogP contribution < -0.4 is 5.73 Å². The molecule has 0 aromatic carbocycles. The summed E-state index contributed by atoms with van der Waals surface area (Å²) >= 11 is 0. The minimum atomic E-state index is -0.104. The van der Waals surface area contributed by atoms with Crippen molar-refractivity contribution in [1.82, 2.24) is 0 Å². The molecule has 1 rings (SSSR count). The fourth-order valence-corrected chi connectivity index (χ4v) is 2.03. The Bertz CT molecular complexity index is 175. The maximum absolute atomic E-state index is 11.2. The summed E-state index contributed by atoms with van der Waals surface area (Å²) in [7, 11) is 0. The van der Waals surface area contributed by atoms with Gasteiger partial charge in [0.05, 0.1) is 0 Å². The van der Waals surface area contributed by atoms with Gasteiger partial charge in [0.15, 0.2) is 0 Å². The molecule has 2 N–H and O–H groups in total. The summed E-state index contributed by atoms with van der Waals surface area (Å²) in [6, 6.07) is 0. The van der Waals surface area contributed by atoms with Crippen molar-refractivity contribution >= 4 is 5.78 Å². The molecule has 2 atom stereocenters. The van der Waals surface area contributed by atoms with Gasteiger partial charge in [0.1, 0.15) is 5.78 Å². The van der Waals surface area contributed by atoms with Gasteiger partial charge in [-0.3, -0.25) is 4.79 Å². The molecule has 1 saturated carbocycles. The first-order chi connectivity index (χ1) is 5.51. The topological polar surface area (TPSA) is 43.1 Å². The molecule has 0 aromatic rings. The van der Waals surface area contributed by atoms with Crippen LogP contribution in [0.15, 0.2) is 0 Å². The Labute approximate surface area is 74.5 Å². The summed E-state index contributed by atoms with van der Waals surface area (Å²) in [5, 5.41) is 0. The van der Waals surface area contributed by atoms with E-state index in [1.807, 2.05) is 0 Å². The maximum atomic E-state index is 11.2. The van der Waals surface area contributed by atoms with Gasteiger partial charge >= 0.3 is 0 Å². The molecular formula is C10H19NO. The van der Waals surface area contributed by atoms with Gasteiger partial charge in [0.2, 0.25) is 0 Å². The third kappa shape index (κ3) is 2.59. The van der Waals surface area contributed by atoms with Gasteiger partial charge in [-0.05, 0) is 33.1 Å². The lowest BCUT2D eigenvalue weighted by molar-refractivity contribution is -0.121. The van der Waals surface area contributed by atoms with Crippen molar-refractivity contribution in [3.05, 3.63) is 0 Å². The lowest BCUT2D eigenvalue weighted by atomic mass is 9.87. The second kappa shape index (κ2) is 3.56. The molecule has 0 heterocycles. The number of hydrogen-bond donors (Lipinski definition) is 1. The zero-order chi connectivity index (χ0) is 9.19. The lowest BCUT2D eigenvalue weighted by Crippen LogP contribution is -2.38. The van der Waals surface area contributed by atoms with Crippen LogP contribution in [0, 0.1) is 5.92 Å². The van der Waals surface area contributed by atoms with Crippen LogP contribution in [-0.4, -0.2) is 11.3 Å². The lowest BCUT2D eigenvalue weighted by Gasteiger charge is -2.25. The second-order valence-electron chi connectivity index (χ2n) is 4.41. The van der Waals surface area contributed by atoms with Crippen LogP contribution in [0.25, 0.3) is 0 Å². The minimum Gasteiger partial charge on any atom is -0.325 e. The van der Waals surface area contributed by atoms with Gasteiger partial charge in [-0.25, -0.2) is 0 Å². The predicted octanol–water partition coefficient (Wildman–Crippen LogP) is 1.87. The molecule has 0 aliphatic heterocycles. The first kappa shape index (κ1) is 9.72. The van der Waals surface area contributed by atoms with E-state index in [9.17, 15) is 4.79 Å². The van der Waals surface area contributed by atoms with Crippen molar-refractivity contribution in [2.45, 2.75) is 51.5 Å². The number of Topliss-reactive ketones (excluding diaryl/α,β-unsaturated/α-hetero) is 1. The summed E-state index contributed by atoms with van der Waals surface area (Å²) in [6.07, 6.45) is 5.33. The van der Waals surface area contributed by atoms with E-state index < -0.39 is 0 Å². The summed E-state index contributed by atoms with van der Waals surface area (Å²) in [6.45, 7) is 3.75. The molecule has 0 amide bonds. The van der Waals surface area contributed by atoms with Gasteiger partial charge in [0.25, 0.3) is 0 Å². The van der Waals surface area contributed by atoms with Crippen molar-refractivity contribution < 1.29 is 4.79 Å². The zero-order valence-electron chi connectivity index (χ0n) is 8.10. The molecule has 0 bridgehead atoms. The van der Waals surface area contributed by atoms with Gasteiger partial charge in [-0.1, -0.05) is 12.8 Å². The van der Waals surface area contributed by atoms with E-state index in [4.69, 9.17) is 5.73 Å². The molecular weight excluding hydrogens is 150 g/mol. The molecule has 0 saturated heterocycles. The van der Waals surface area contributed by atoms with Crippen molar-refractivity contribution in [2.75, 3.05) is 0 Å². The number of nitrogens with two attached hydrogens (primary N) is 1. The Morgan fingerprint density at radius 3 is 2.75 bits per heavy atom. The number of carbonyl (C=O) groups is 1. The van der Waals surface area contributed by atoms with Crippen molar-refractivity contribution in [2.24, 2.45) is 11.7 Å². The quantitative estimate of drug-likeness (QED) is 0.609. The average molecular weight is 169 g/mol. The maximum Gasteiger partial charge on any atom is 0.132 e. The highest BCUT2D eigenvalue weighted by atomic mass is 16.1. The molecule has 1 aliphatic rings. The highest BCUT2D eigenvalue weighted by Crippen LogP contribution is 2.29. The second-order valence-corrected chi connectivity index (χ2v) is 4.41. The van der Waals surface area contributed by atoms with Crippen molar-refractivity contribution in [3.8, 4) is 0 Å². The van der Waals surface area contributed by atoms with E-state index in [0.29, 0.717) is 5.78 Å². The summed E-state index contributed by atoms with van der Waals surface area (Å²) in [5.74, 6) is 0.538. The first-order valence-electron chi connectivity index (χ1n) is 4.81. The SMILES string of the molecule is CC(=O)C1CCCCC(C)(N)C1. The Morgan fingerprint density at radius 1 is 1.50 bits per heavy atom. The average Bonchev–Trinajstić information content (AvgIpc) is 2.10. The fourth-order valence-electron chi connectivity index (χ4n) is 2.03. The monoisotopic (exact) mass is 169 g/mol. The number of hydrogen-bond acceptors (Lipinski definition) is 2. The first-order valence-corrected chi connectivity index (χ1v) is 4.81. The highest BCUT2D eigenvalue weighted by molar-refractivity contribution is 5.78. The van der Waals surface area contributed by atoms with Crippen LogP contribution in [0.3, 0.4) is 0 Å². The van der Waals surface area contributed by atoms with E-state index in [1.54, 1.807) is 6.92 Å². The van der Waals surface area contributed by atoms with Gasteiger partial charge in [-0.15, -0.1) is 0 Å². The molecule has 2 unspecified atom stereocenters. The molecule has 0 radical (unpaired) electrons. The van der Waals surface area contributed by atoms with Gasteiger partial charge < -0.3 is 5.73 Å². The molecule has 1 fully saturated rings. The van der Waals surface area contributed by atoms with Crippen LogP contribution in [0.4, 0.5) is 0 Å². The third-order valence-electron chi connectivity index (χ3n) is 2.84. The van der Waals surface area contributed by atoms with E-state index in [0.717, 1.165) is 25.7 Å². The van der Waals surface area contributed by atoms with Crippen LogP contribution in [-0.2, 0) is 4.79 Å². The predicted molar refractivity (Wildman–Crippen MR) is 49.8 cm³/mol. The third-order valence-corrected chi connectivity index (χ3v) is 2.84. The molecule has 2 heteroatoms. The van der Waals surface area contributed by atoms with E-state index in [1.165, 1.54) is 6.42 Å². The van der Waals surface area contributed by atoms with Gasteiger partial charge in [-0.2, -0.15) is 0 Å². The normalized spacial score (nSPS) is 37.4. The van der Waals surface area contributed by atoms with E-state index in [-0.39, 0.29) is 11.5 Å². The van der Waals surface area contributed by atoms with Crippen molar-refractivity contribution in [3.63, 3.8) is 0 Å². The Hall–Kier alpha value is -0.370. The zero-order valence-corrected chi connectivity index (χ0v) is 8.10. The largest absolute Gasteiger partial charge is 0.325 e. The number of ketones is 1. The highest BCUT2D eigenvalue weighted by Gasteiger charge is 2.28. The van der Waals surface area contributed by atoms with Crippen LogP contribution >= 0.6 is 0 Å². The standard InChI is InChI=1S/C10H19NO/c1-8(12)9-5-3-4-6-10(2,11)7-9/h9H,3-7,11H2,1-2H3. The Morgan fingerprint density at radius 2 is 2.17 bits per heavy atom. The van der Waals surface area contributed by atoms with E-state index in [2.05, 4.69) is 6.92 Å². The molecule has 12 heavy (non-hydrogen) atoms. The number of carbonyl (C=O) groups excluding carboxylic acids is 1. The van der Waals surface area contributed by atoms with Crippen LogP contribution in [0.1, 0.15) is 46.0 Å². The summed E-state index contributed by atoms with van der Waals surface area (Å²) in [4.78, 5) is 11.2. The molecule has 1 aliphatic carbocycles. The van der Waals surface area contributed by atoms with Crippen molar-refractivity contribution in [1.29, 1.82) is 0 Å². The molecule has 70 valence electrons.